The average Bonchev–Trinajstić information content (AvgIpc) is 3.15. The Morgan fingerprint density at radius 3 is 2.63 bits per heavy atom. The number of hydrogen-bond acceptors (Lipinski definition) is 5. The Kier molecular flexibility index (Phi) is 7.29. The van der Waals surface area contributed by atoms with Crippen molar-refractivity contribution in [2.75, 3.05) is 25.4 Å². The molecular formula is C20H29N5OS. The van der Waals surface area contributed by atoms with Crippen molar-refractivity contribution in [3.8, 4) is 5.69 Å². The zero-order valence-corrected chi connectivity index (χ0v) is 17.0. The highest BCUT2D eigenvalue weighted by atomic mass is 32.2. The third kappa shape index (κ3) is 5.11. The Labute approximate surface area is 165 Å². The van der Waals surface area contributed by atoms with Crippen molar-refractivity contribution in [2.24, 2.45) is 0 Å². The van der Waals surface area contributed by atoms with Gasteiger partial charge in [0, 0.05) is 12.2 Å². The summed E-state index contributed by atoms with van der Waals surface area (Å²) in [6.07, 6.45) is 4.72. The molecule has 1 amide bonds. The van der Waals surface area contributed by atoms with Gasteiger partial charge in [0.1, 0.15) is 0 Å². The number of carbonyl (C=O) groups excluding carboxylic acids is 1. The van der Waals surface area contributed by atoms with Crippen LogP contribution in [0.25, 0.3) is 5.69 Å². The maximum atomic E-state index is 12.0. The number of carbonyl (C=O) groups is 1. The number of aromatic nitrogens is 3. The third-order valence-electron chi connectivity index (χ3n) is 4.89. The lowest BCUT2D eigenvalue weighted by Gasteiger charge is -2.31. The molecule has 0 bridgehead atoms. The van der Waals surface area contributed by atoms with Crippen LogP contribution in [0.2, 0.25) is 0 Å². The molecule has 0 aliphatic carbocycles. The fourth-order valence-electron chi connectivity index (χ4n) is 3.38. The number of hydrogen-bond donors (Lipinski definition) is 1. The summed E-state index contributed by atoms with van der Waals surface area (Å²) in [6, 6.07) is 10.4. The molecule has 0 unspecified atom stereocenters. The first kappa shape index (κ1) is 19.9. The number of nitrogens with zero attached hydrogens (tertiary/aromatic N) is 4. The van der Waals surface area contributed by atoms with Gasteiger partial charge in [0.05, 0.1) is 11.8 Å². The summed E-state index contributed by atoms with van der Waals surface area (Å²) >= 11 is 1.44. The van der Waals surface area contributed by atoms with E-state index in [4.69, 9.17) is 0 Å². The minimum atomic E-state index is 0.0371. The second-order valence-electron chi connectivity index (χ2n) is 6.92. The highest BCUT2D eigenvalue weighted by molar-refractivity contribution is 7.99. The van der Waals surface area contributed by atoms with E-state index in [1.165, 1.54) is 31.0 Å². The van der Waals surface area contributed by atoms with E-state index in [9.17, 15) is 4.79 Å². The third-order valence-corrected chi connectivity index (χ3v) is 5.82. The van der Waals surface area contributed by atoms with Gasteiger partial charge in [-0.1, -0.05) is 43.3 Å². The van der Waals surface area contributed by atoms with Crippen LogP contribution in [-0.4, -0.2) is 51.0 Å². The van der Waals surface area contributed by atoms with Crippen molar-refractivity contribution in [1.29, 1.82) is 0 Å². The van der Waals surface area contributed by atoms with E-state index in [-0.39, 0.29) is 11.9 Å². The zero-order chi connectivity index (χ0) is 19.1. The van der Waals surface area contributed by atoms with Crippen LogP contribution >= 0.6 is 11.8 Å². The molecule has 3 rings (SSSR count). The first-order valence-corrected chi connectivity index (χ1v) is 10.8. The minimum Gasteiger partial charge on any atom is -0.355 e. The molecule has 0 saturated carbocycles. The molecule has 6 nitrogen and oxygen atoms in total. The minimum absolute atomic E-state index is 0.0371. The van der Waals surface area contributed by atoms with Gasteiger partial charge in [0.2, 0.25) is 5.91 Å². The molecule has 1 saturated heterocycles. The molecule has 146 valence electrons. The molecule has 0 radical (unpaired) electrons. The van der Waals surface area contributed by atoms with Crippen LogP contribution in [-0.2, 0) is 4.79 Å². The van der Waals surface area contributed by atoms with Crippen molar-refractivity contribution in [3.63, 3.8) is 0 Å². The largest absolute Gasteiger partial charge is 0.355 e. The molecule has 2 aromatic rings. The van der Waals surface area contributed by atoms with E-state index in [0.717, 1.165) is 36.2 Å². The quantitative estimate of drug-likeness (QED) is 0.703. The van der Waals surface area contributed by atoms with Gasteiger partial charge in [0.25, 0.3) is 0 Å². The Balaban J connectivity index is 1.83. The highest BCUT2D eigenvalue weighted by Gasteiger charge is 2.25. The maximum Gasteiger partial charge on any atom is 0.230 e. The van der Waals surface area contributed by atoms with Crippen molar-refractivity contribution in [1.82, 2.24) is 25.0 Å². The number of benzene rings is 1. The van der Waals surface area contributed by atoms with Crippen LogP contribution in [0, 0.1) is 0 Å². The predicted octanol–water partition coefficient (Wildman–Crippen LogP) is 3.43. The summed E-state index contributed by atoms with van der Waals surface area (Å²) in [5.74, 6) is 1.33. The average molecular weight is 388 g/mol. The lowest BCUT2D eigenvalue weighted by molar-refractivity contribution is -0.118. The van der Waals surface area contributed by atoms with E-state index >= 15 is 0 Å². The van der Waals surface area contributed by atoms with Gasteiger partial charge in [0.15, 0.2) is 11.0 Å². The Bertz CT molecular complexity index is 727. The number of amides is 1. The normalized spacial score (nSPS) is 16.2. The van der Waals surface area contributed by atoms with Gasteiger partial charge in [-0.25, -0.2) is 0 Å². The van der Waals surface area contributed by atoms with Gasteiger partial charge in [-0.2, -0.15) is 0 Å². The molecule has 1 aliphatic rings. The molecule has 1 aromatic carbocycles. The van der Waals surface area contributed by atoms with Gasteiger partial charge >= 0.3 is 0 Å². The van der Waals surface area contributed by atoms with Crippen LogP contribution in [0.4, 0.5) is 0 Å². The SMILES string of the molecule is CCCNC(=O)CSc1nnc([C@@H](C)N2CCCCC2)n1-c1ccccc1. The first-order valence-electron chi connectivity index (χ1n) is 9.85. The fourth-order valence-corrected chi connectivity index (χ4v) is 4.17. The monoisotopic (exact) mass is 387 g/mol. The van der Waals surface area contributed by atoms with E-state index in [1.807, 2.05) is 25.1 Å². The number of rotatable bonds is 8. The topological polar surface area (TPSA) is 63.1 Å². The molecular weight excluding hydrogens is 358 g/mol. The van der Waals surface area contributed by atoms with Gasteiger partial charge in [-0.3, -0.25) is 14.3 Å². The van der Waals surface area contributed by atoms with E-state index in [0.29, 0.717) is 12.3 Å². The molecule has 1 aliphatic heterocycles. The maximum absolute atomic E-state index is 12.0. The van der Waals surface area contributed by atoms with Gasteiger partial charge in [-0.15, -0.1) is 10.2 Å². The smallest absolute Gasteiger partial charge is 0.230 e. The number of para-hydroxylation sites is 1. The first-order chi connectivity index (χ1) is 13.2. The fraction of sp³-hybridized carbons (Fsp3) is 0.550. The molecule has 27 heavy (non-hydrogen) atoms. The van der Waals surface area contributed by atoms with Crippen molar-refractivity contribution >= 4 is 17.7 Å². The number of likely N-dealkylation sites (tertiary alicyclic amines) is 1. The lowest BCUT2D eigenvalue weighted by atomic mass is 10.1. The van der Waals surface area contributed by atoms with Gasteiger partial charge < -0.3 is 5.32 Å². The predicted molar refractivity (Wildman–Crippen MR) is 109 cm³/mol. The van der Waals surface area contributed by atoms with Crippen molar-refractivity contribution < 1.29 is 4.79 Å². The highest BCUT2D eigenvalue weighted by Crippen LogP contribution is 2.29. The Hall–Kier alpha value is -1.86. The van der Waals surface area contributed by atoms with E-state index in [1.54, 1.807) is 0 Å². The zero-order valence-electron chi connectivity index (χ0n) is 16.2. The molecule has 1 N–H and O–H groups in total. The number of nitrogens with one attached hydrogen (secondary N) is 1. The van der Waals surface area contributed by atoms with Crippen LogP contribution in [0.5, 0.6) is 0 Å². The van der Waals surface area contributed by atoms with Crippen molar-refractivity contribution in [3.05, 3.63) is 36.2 Å². The number of thioether (sulfide) groups is 1. The standard InChI is InChI=1S/C20H29N5OS/c1-3-12-21-18(26)15-27-20-23-22-19(16(2)24-13-8-5-9-14-24)25(20)17-10-6-4-7-11-17/h4,6-7,10-11,16H,3,5,8-9,12-15H2,1-2H3,(H,21,26)/t16-/m1/s1. The second-order valence-corrected chi connectivity index (χ2v) is 7.87. The summed E-state index contributed by atoms with van der Waals surface area (Å²) in [6.45, 7) is 7.17. The molecule has 0 spiro atoms. The summed E-state index contributed by atoms with van der Waals surface area (Å²) in [4.78, 5) is 14.5. The second kappa shape index (κ2) is 9.90. The van der Waals surface area contributed by atoms with E-state index < -0.39 is 0 Å². The molecule has 1 fully saturated rings. The molecule has 7 heteroatoms. The lowest BCUT2D eigenvalue weighted by Crippen LogP contribution is -2.33. The molecule has 1 aromatic heterocycles. The summed E-state index contributed by atoms with van der Waals surface area (Å²) in [5, 5.41) is 12.6. The molecule has 2 heterocycles. The summed E-state index contributed by atoms with van der Waals surface area (Å²) < 4.78 is 2.11. The molecule has 1 atom stereocenters. The van der Waals surface area contributed by atoms with Crippen LogP contribution < -0.4 is 5.32 Å². The van der Waals surface area contributed by atoms with E-state index in [2.05, 4.69) is 44.0 Å². The number of piperidine rings is 1. The van der Waals surface area contributed by atoms with Crippen LogP contribution in [0.1, 0.15) is 51.4 Å². The Morgan fingerprint density at radius 2 is 1.93 bits per heavy atom. The van der Waals surface area contributed by atoms with Crippen molar-refractivity contribution in [2.45, 2.75) is 50.7 Å². The summed E-state index contributed by atoms with van der Waals surface area (Å²) in [7, 11) is 0. The van der Waals surface area contributed by atoms with Gasteiger partial charge in [-0.05, 0) is 51.4 Å². The Morgan fingerprint density at radius 1 is 1.19 bits per heavy atom. The van der Waals surface area contributed by atoms with Crippen LogP contribution in [0.3, 0.4) is 0 Å². The summed E-state index contributed by atoms with van der Waals surface area (Å²) in [5.41, 5.74) is 1.04. The van der Waals surface area contributed by atoms with Crippen LogP contribution in [0.15, 0.2) is 35.5 Å².